The Balaban J connectivity index is 3.46. The molecule has 1 aromatic rings. The number of halogens is 2. The van der Waals surface area contributed by atoms with Gasteiger partial charge >= 0.3 is 0 Å². The summed E-state index contributed by atoms with van der Waals surface area (Å²) < 4.78 is 1.98. The maximum absolute atomic E-state index is 9.48. The number of hydrogen-bond acceptors (Lipinski definition) is 1. The van der Waals surface area contributed by atoms with Crippen LogP contribution >= 0.6 is 38.5 Å². The lowest BCUT2D eigenvalue weighted by atomic mass is 10.1. The van der Waals surface area contributed by atoms with Crippen molar-refractivity contribution in [1.82, 2.24) is 0 Å². The summed E-state index contributed by atoms with van der Waals surface area (Å²) in [4.78, 5) is 0. The molecule has 1 nitrogen and oxygen atoms in total. The normalized spacial score (nSPS) is 10.2. The van der Waals surface area contributed by atoms with E-state index in [1.165, 1.54) is 0 Å². The fourth-order valence-electron chi connectivity index (χ4n) is 0.822. The van der Waals surface area contributed by atoms with Crippen LogP contribution in [-0.4, -0.2) is 5.11 Å². The van der Waals surface area contributed by atoms with Gasteiger partial charge in [0.15, 0.2) is 0 Å². The molecular formula is C8H8BrIO. The van der Waals surface area contributed by atoms with Crippen LogP contribution in [0.1, 0.15) is 11.1 Å². The molecule has 3 heteroatoms. The Hall–Kier alpha value is 0.230. The summed E-state index contributed by atoms with van der Waals surface area (Å²) in [6, 6.07) is 1.92. The lowest BCUT2D eigenvalue weighted by Crippen LogP contribution is -1.86. The van der Waals surface area contributed by atoms with Crippen molar-refractivity contribution in [2.75, 3.05) is 0 Å². The largest absolute Gasteiger partial charge is 0.507 e. The van der Waals surface area contributed by atoms with Crippen molar-refractivity contribution in [1.29, 1.82) is 0 Å². The van der Waals surface area contributed by atoms with E-state index >= 15 is 0 Å². The molecule has 11 heavy (non-hydrogen) atoms. The third kappa shape index (κ3) is 1.69. The summed E-state index contributed by atoms with van der Waals surface area (Å²) in [6.45, 7) is 3.87. The minimum Gasteiger partial charge on any atom is -0.507 e. The van der Waals surface area contributed by atoms with Gasteiger partial charge in [0.25, 0.3) is 0 Å². The minimum absolute atomic E-state index is 0.395. The Bertz CT molecular complexity index is 270. The lowest BCUT2D eigenvalue weighted by Gasteiger charge is -2.06. The van der Waals surface area contributed by atoms with Crippen LogP contribution in [0.5, 0.6) is 5.75 Å². The van der Waals surface area contributed by atoms with E-state index in [4.69, 9.17) is 0 Å². The number of benzene rings is 1. The smallest absolute Gasteiger partial charge is 0.132 e. The Morgan fingerprint density at radius 1 is 1.45 bits per heavy atom. The molecule has 0 aliphatic carbocycles. The third-order valence-electron chi connectivity index (χ3n) is 1.61. The molecule has 1 aromatic carbocycles. The predicted octanol–water partition coefficient (Wildman–Crippen LogP) is 3.38. The van der Waals surface area contributed by atoms with E-state index < -0.39 is 0 Å². The predicted molar refractivity (Wildman–Crippen MR) is 58.0 cm³/mol. The van der Waals surface area contributed by atoms with Crippen LogP contribution < -0.4 is 0 Å². The van der Waals surface area contributed by atoms with Crippen LogP contribution in [-0.2, 0) is 0 Å². The fraction of sp³-hybridized carbons (Fsp3) is 0.250. The van der Waals surface area contributed by atoms with Crippen LogP contribution in [0.3, 0.4) is 0 Å². The maximum atomic E-state index is 9.48. The topological polar surface area (TPSA) is 20.2 Å². The van der Waals surface area contributed by atoms with Crippen molar-refractivity contribution in [2.24, 2.45) is 0 Å². The second-order valence-electron chi connectivity index (χ2n) is 2.46. The summed E-state index contributed by atoms with van der Waals surface area (Å²) >= 11 is 5.56. The zero-order valence-corrected chi connectivity index (χ0v) is 10.0. The van der Waals surface area contributed by atoms with Crippen molar-refractivity contribution in [3.63, 3.8) is 0 Å². The summed E-state index contributed by atoms with van der Waals surface area (Å²) in [5.41, 5.74) is 2.00. The molecule has 0 heterocycles. The van der Waals surface area contributed by atoms with E-state index in [0.29, 0.717) is 5.75 Å². The number of phenols is 1. The van der Waals surface area contributed by atoms with Gasteiger partial charge in [-0.3, -0.25) is 0 Å². The van der Waals surface area contributed by atoms with E-state index in [0.717, 1.165) is 19.2 Å². The van der Waals surface area contributed by atoms with Crippen molar-refractivity contribution >= 4 is 38.5 Å². The highest BCUT2D eigenvalue weighted by Gasteiger charge is 2.07. The van der Waals surface area contributed by atoms with Gasteiger partial charge < -0.3 is 5.11 Å². The molecule has 0 saturated heterocycles. The quantitative estimate of drug-likeness (QED) is 0.725. The van der Waals surface area contributed by atoms with Crippen LogP contribution in [0.15, 0.2) is 10.5 Å². The highest BCUT2D eigenvalue weighted by atomic mass is 127. The van der Waals surface area contributed by atoms with Crippen LogP contribution in [0.4, 0.5) is 0 Å². The molecule has 0 radical (unpaired) electrons. The molecule has 0 amide bonds. The van der Waals surface area contributed by atoms with E-state index in [1.807, 2.05) is 19.9 Å². The molecule has 1 N–H and O–H groups in total. The van der Waals surface area contributed by atoms with Gasteiger partial charge in [0, 0.05) is 4.47 Å². The van der Waals surface area contributed by atoms with E-state index in [-0.39, 0.29) is 0 Å². The summed E-state index contributed by atoms with van der Waals surface area (Å²) in [5.74, 6) is 0.395. The molecule has 0 spiro atoms. The average molecular weight is 327 g/mol. The van der Waals surface area contributed by atoms with Gasteiger partial charge in [-0.05, 0) is 53.6 Å². The molecule has 0 bridgehead atoms. The van der Waals surface area contributed by atoms with Gasteiger partial charge in [-0.2, -0.15) is 0 Å². The average Bonchev–Trinajstić information content (AvgIpc) is 1.97. The van der Waals surface area contributed by atoms with Gasteiger partial charge in [0.1, 0.15) is 5.75 Å². The Kier molecular flexibility index (Phi) is 2.80. The third-order valence-corrected chi connectivity index (χ3v) is 3.76. The molecule has 0 unspecified atom stereocenters. The van der Waals surface area contributed by atoms with Crippen molar-refractivity contribution in [3.05, 3.63) is 25.2 Å². The van der Waals surface area contributed by atoms with Gasteiger partial charge in [0.2, 0.25) is 0 Å². The minimum atomic E-state index is 0.395. The second kappa shape index (κ2) is 3.31. The molecular weight excluding hydrogens is 319 g/mol. The van der Waals surface area contributed by atoms with E-state index in [2.05, 4.69) is 38.5 Å². The van der Waals surface area contributed by atoms with Gasteiger partial charge in [-0.25, -0.2) is 0 Å². The summed E-state index contributed by atoms with van der Waals surface area (Å²) in [7, 11) is 0. The Morgan fingerprint density at radius 2 is 2.00 bits per heavy atom. The standard InChI is InChI=1S/C8H8BrIO/c1-4-3-6(9)5(2)7(10)8(4)11/h3,11H,1-2H3. The first-order valence-electron chi connectivity index (χ1n) is 3.18. The first-order valence-corrected chi connectivity index (χ1v) is 5.05. The molecule has 0 aromatic heterocycles. The number of aryl methyl sites for hydroxylation is 1. The van der Waals surface area contributed by atoms with Crippen LogP contribution in [0, 0.1) is 17.4 Å². The molecule has 0 fully saturated rings. The zero-order chi connectivity index (χ0) is 8.59. The summed E-state index contributed by atoms with van der Waals surface area (Å²) in [5, 5.41) is 9.48. The van der Waals surface area contributed by atoms with Crippen LogP contribution in [0.2, 0.25) is 0 Å². The van der Waals surface area contributed by atoms with Gasteiger partial charge in [-0.15, -0.1) is 0 Å². The van der Waals surface area contributed by atoms with Crippen molar-refractivity contribution in [3.8, 4) is 5.75 Å². The Labute approximate surface area is 88.1 Å². The SMILES string of the molecule is Cc1cc(Br)c(C)c(I)c1O. The van der Waals surface area contributed by atoms with E-state index in [9.17, 15) is 5.11 Å². The molecule has 60 valence electrons. The monoisotopic (exact) mass is 326 g/mol. The Morgan fingerprint density at radius 3 is 2.55 bits per heavy atom. The molecule has 0 atom stereocenters. The molecule has 1 rings (SSSR count). The molecule has 0 saturated carbocycles. The number of phenolic OH excluding ortho intramolecular Hbond substituents is 1. The van der Waals surface area contributed by atoms with Crippen molar-refractivity contribution in [2.45, 2.75) is 13.8 Å². The lowest BCUT2D eigenvalue weighted by molar-refractivity contribution is 0.466. The summed E-state index contributed by atoms with van der Waals surface area (Å²) in [6.07, 6.45) is 0. The number of hydrogen-bond donors (Lipinski definition) is 1. The first-order chi connectivity index (χ1) is 5.04. The highest BCUT2D eigenvalue weighted by Crippen LogP contribution is 2.31. The molecule has 0 aliphatic rings. The highest BCUT2D eigenvalue weighted by molar-refractivity contribution is 14.1. The number of rotatable bonds is 0. The number of aromatic hydroxyl groups is 1. The maximum Gasteiger partial charge on any atom is 0.132 e. The van der Waals surface area contributed by atoms with Crippen molar-refractivity contribution < 1.29 is 5.11 Å². The van der Waals surface area contributed by atoms with Gasteiger partial charge in [-0.1, -0.05) is 15.9 Å². The fourth-order valence-corrected chi connectivity index (χ4v) is 2.45. The van der Waals surface area contributed by atoms with Gasteiger partial charge in [0.05, 0.1) is 3.57 Å². The zero-order valence-electron chi connectivity index (χ0n) is 6.28. The van der Waals surface area contributed by atoms with Crippen LogP contribution in [0.25, 0.3) is 0 Å². The van der Waals surface area contributed by atoms with E-state index in [1.54, 1.807) is 0 Å². The first kappa shape index (κ1) is 9.32. The molecule has 0 aliphatic heterocycles. The second-order valence-corrected chi connectivity index (χ2v) is 4.40.